The van der Waals surface area contributed by atoms with Crippen LogP contribution in [-0.4, -0.2) is 22.6 Å². The molecule has 0 bridgehead atoms. The van der Waals surface area contributed by atoms with Gasteiger partial charge in [0.15, 0.2) is 10.7 Å². The summed E-state index contributed by atoms with van der Waals surface area (Å²) in [6, 6.07) is 4.49. The molecule has 1 aromatic rings. The number of rotatable bonds is 3. The van der Waals surface area contributed by atoms with Crippen LogP contribution in [0.1, 0.15) is 0 Å². The Kier molecular flexibility index (Phi) is 3.13. The predicted octanol–water partition coefficient (Wildman–Crippen LogP) is 0.674. The Labute approximate surface area is 78.0 Å². The number of methoxy groups -OCH3 is 2. The van der Waals surface area contributed by atoms with E-state index in [0.717, 1.165) is 0 Å². The van der Waals surface area contributed by atoms with Crippen LogP contribution < -0.4 is 9.47 Å². The Morgan fingerprint density at radius 1 is 1.00 bits per heavy atom. The lowest BCUT2D eigenvalue weighted by Crippen LogP contribution is -1.89. The summed E-state index contributed by atoms with van der Waals surface area (Å²) in [5.74, 6) is 0.933. The highest BCUT2D eigenvalue weighted by molar-refractivity contribution is 7.72. The van der Waals surface area contributed by atoms with E-state index in [1.165, 1.54) is 26.4 Å². The van der Waals surface area contributed by atoms with Crippen LogP contribution in [0.25, 0.3) is 0 Å². The molecule has 1 aromatic carbocycles. The minimum Gasteiger partial charge on any atom is -0.497 e. The van der Waals surface area contributed by atoms with Gasteiger partial charge in [-0.15, -0.1) is 0 Å². The first-order valence-corrected chi connectivity index (χ1v) is 4.72. The molecular formula is C8H10O4S. The number of hydrogen-bond acceptors (Lipinski definition) is 4. The van der Waals surface area contributed by atoms with Crippen molar-refractivity contribution in [3.05, 3.63) is 18.2 Å². The highest BCUT2D eigenvalue weighted by Gasteiger charge is 2.02. The lowest BCUT2D eigenvalue weighted by atomic mass is 10.3. The van der Waals surface area contributed by atoms with Crippen LogP contribution >= 0.6 is 0 Å². The summed E-state index contributed by atoms with van der Waals surface area (Å²) in [5, 5.41) is 0. The van der Waals surface area contributed by atoms with Gasteiger partial charge in [0.05, 0.1) is 19.1 Å². The molecule has 0 unspecified atom stereocenters. The summed E-state index contributed by atoms with van der Waals surface area (Å²) in [7, 11) is 0.338. The zero-order valence-electron chi connectivity index (χ0n) is 7.31. The molecule has 0 aromatic heterocycles. The molecule has 0 N–H and O–H groups in total. The summed E-state index contributed by atoms with van der Waals surface area (Å²) in [4.78, 5) is 0.186. The van der Waals surface area contributed by atoms with E-state index < -0.39 is 10.7 Å². The smallest absolute Gasteiger partial charge is 0.168 e. The van der Waals surface area contributed by atoms with E-state index in [1.54, 1.807) is 6.07 Å². The monoisotopic (exact) mass is 202 g/mol. The molecule has 72 valence electrons. The highest BCUT2D eigenvalue weighted by Crippen LogP contribution is 2.22. The maximum absolute atomic E-state index is 10.7. The lowest BCUT2D eigenvalue weighted by Gasteiger charge is -2.04. The Bertz CT molecular complexity index is 340. The molecule has 0 atom stereocenters. The van der Waals surface area contributed by atoms with Crippen LogP contribution in [0.4, 0.5) is 0 Å². The second-order valence-corrected chi connectivity index (χ2v) is 3.36. The highest BCUT2D eigenvalue weighted by atomic mass is 32.2. The van der Waals surface area contributed by atoms with Gasteiger partial charge in [0, 0.05) is 6.07 Å². The van der Waals surface area contributed by atoms with E-state index in [1.807, 2.05) is 0 Å². The van der Waals surface area contributed by atoms with Gasteiger partial charge in [-0.05, 0) is 12.1 Å². The number of benzene rings is 1. The van der Waals surface area contributed by atoms with Crippen molar-refractivity contribution in [2.75, 3.05) is 14.2 Å². The van der Waals surface area contributed by atoms with Gasteiger partial charge in [0.1, 0.15) is 11.5 Å². The fraction of sp³-hybridized carbons (Fsp3) is 0.250. The molecule has 0 fully saturated rings. The molecule has 0 saturated heterocycles. The largest absolute Gasteiger partial charge is 0.497 e. The van der Waals surface area contributed by atoms with Gasteiger partial charge in [-0.3, -0.25) is 0 Å². The molecule has 0 amide bonds. The molecule has 0 heterocycles. The summed E-state index contributed by atoms with van der Waals surface area (Å²) in [6.45, 7) is 0. The zero-order chi connectivity index (χ0) is 9.84. The van der Waals surface area contributed by atoms with Crippen molar-refractivity contribution in [3.8, 4) is 11.5 Å². The molecule has 0 radical (unpaired) electrons. The average molecular weight is 202 g/mol. The van der Waals surface area contributed by atoms with Gasteiger partial charge >= 0.3 is 0 Å². The first-order chi connectivity index (χ1) is 6.17. The van der Waals surface area contributed by atoms with Crippen LogP contribution in [0.5, 0.6) is 11.5 Å². The normalized spacial score (nSPS) is 10.1. The predicted molar refractivity (Wildman–Crippen MR) is 48.1 cm³/mol. The maximum atomic E-state index is 10.7. The second kappa shape index (κ2) is 4.13. The van der Waals surface area contributed by atoms with E-state index in [2.05, 4.69) is 0 Å². The Morgan fingerprint density at radius 2 is 1.46 bits per heavy atom. The van der Waals surface area contributed by atoms with Crippen molar-refractivity contribution in [1.82, 2.24) is 0 Å². The van der Waals surface area contributed by atoms with E-state index in [4.69, 9.17) is 9.47 Å². The third kappa shape index (κ3) is 2.35. The standard InChI is InChI=1S/C8H10O4S/c1-11-6-3-7(12-2)5-8(4-6)13(9)10/h3-5,13H,1-2H3. The molecular weight excluding hydrogens is 192 g/mol. The third-order valence-corrected chi connectivity index (χ3v) is 2.23. The summed E-state index contributed by atoms with van der Waals surface area (Å²) in [6.07, 6.45) is 0. The minimum absolute atomic E-state index is 0.186. The van der Waals surface area contributed by atoms with E-state index in [9.17, 15) is 8.42 Å². The molecule has 13 heavy (non-hydrogen) atoms. The molecule has 0 saturated carbocycles. The van der Waals surface area contributed by atoms with Gasteiger partial charge in [0.2, 0.25) is 0 Å². The number of thiol groups is 1. The van der Waals surface area contributed by atoms with E-state index in [-0.39, 0.29) is 4.90 Å². The molecule has 1 rings (SSSR count). The summed E-state index contributed by atoms with van der Waals surface area (Å²) >= 11 is 0. The van der Waals surface area contributed by atoms with Crippen molar-refractivity contribution >= 4 is 10.7 Å². The molecule has 0 aliphatic carbocycles. The molecule has 0 aliphatic heterocycles. The zero-order valence-corrected chi connectivity index (χ0v) is 8.21. The number of ether oxygens (including phenoxy) is 2. The Hall–Kier alpha value is -1.23. The lowest BCUT2D eigenvalue weighted by molar-refractivity contribution is 0.392. The van der Waals surface area contributed by atoms with Gasteiger partial charge in [-0.1, -0.05) is 0 Å². The fourth-order valence-corrected chi connectivity index (χ4v) is 1.36. The first-order valence-electron chi connectivity index (χ1n) is 3.55. The molecule has 0 spiro atoms. The van der Waals surface area contributed by atoms with Gasteiger partial charge < -0.3 is 9.47 Å². The Morgan fingerprint density at radius 3 is 1.77 bits per heavy atom. The number of hydrogen-bond donors (Lipinski definition) is 1. The maximum Gasteiger partial charge on any atom is 0.168 e. The van der Waals surface area contributed by atoms with Crippen molar-refractivity contribution in [1.29, 1.82) is 0 Å². The molecule has 4 nitrogen and oxygen atoms in total. The van der Waals surface area contributed by atoms with Gasteiger partial charge in [0.25, 0.3) is 0 Å². The van der Waals surface area contributed by atoms with E-state index >= 15 is 0 Å². The minimum atomic E-state index is -2.60. The van der Waals surface area contributed by atoms with E-state index in [0.29, 0.717) is 11.5 Å². The van der Waals surface area contributed by atoms with Crippen LogP contribution in [0.2, 0.25) is 0 Å². The topological polar surface area (TPSA) is 52.6 Å². The summed E-state index contributed by atoms with van der Waals surface area (Å²) in [5.41, 5.74) is 0. The average Bonchev–Trinajstić information content (AvgIpc) is 2.16. The van der Waals surface area contributed by atoms with Crippen molar-refractivity contribution in [3.63, 3.8) is 0 Å². The first kappa shape index (κ1) is 9.85. The van der Waals surface area contributed by atoms with Crippen LogP contribution in [0.15, 0.2) is 23.1 Å². The molecule has 0 aliphatic rings. The SMILES string of the molecule is COc1cc(OC)cc([SH](=O)=O)c1. The van der Waals surface area contributed by atoms with Crippen molar-refractivity contribution in [2.24, 2.45) is 0 Å². The van der Waals surface area contributed by atoms with Gasteiger partial charge in [-0.2, -0.15) is 0 Å². The van der Waals surface area contributed by atoms with Crippen molar-refractivity contribution in [2.45, 2.75) is 4.90 Å². The Balaban J connectivity index is 3.22. The summed E-state index contributed by atoms with van der Waals surface area (Å²) < 4.78 is 31.1. The van der Waals surface area contributed by atoms with Crippen LogP contribution in [0, 0.1) is 0 Å². The second-order valence-electron chi connectivity index (χ2n) is 2.33. The molecule has 5 heteroatoms. The van der Waals surface area contributed by atoms with Gasteiger partial charge in [-0.25, -0.2) is 8.42 Å². The van der Waals surface area contributed by atoms with Crippen molar-refractivity contribution < 1.29 is 17.9 Å². The van der Waals surface area contributed by atoms with Crippen LogP contribution in [0.3, 0.4) is 0 Å². The quantitative estimate of drug-likeness (QED) is 0.732. The fourth-order valence-electron chi connectivity index (χ4n) is 0.898. The third-order valence-electron chi connectivity index (χ3n) is 1.55. The van der Waals surface area contributed by atoms with Crippen LogP contribution in [-0.2, 0) is 10.7 Å².